The number of rotatable bonds is 5. The molecule has 20 heavy (non-hydrogen) atoms. The minimum Gasteiger partial charge on any atom is -0.477 e. The van der Waals surface area contributed by atoms with Gasteiger partial charge in [-0.15, -0.1) is 0 Å². The largest absolute Gasteiger partial charge is 0.477 e. The molecule has 2 aromatic rings. The van der Waals surface area contributed by atoms with E-state index in [9.17, 15) is 4.79 Å². The molecule has 0 aliphatic carbocycles. The Morgan fingerprint density at radius 3 is 2.80 bits per heavy atom. The molecule has 0 saturated heterocycles. The predicted molar refractivity (Wildman–Crippen MR) is 72.9 cm³/mol. The van der Waals surface area contributed by atoms with Gasteiger partial charge in [-0.3, -0.25) is 0 Å². The molecule has 104 valence electrons. The Hall–Kier alpha value is -2.60. The highest BCUT2D eigenvalue weighted by Crippen LogP contribution is 2.27. The Bertz CT molecular complexity index is 628. The minimum atomic E-state index is -1.17. The molecule has 1 aromatic heterocycles. The van der Waals surface area contributed by atoms with Gasteiger partial charge in [0.25, 0.3) is 0 Å². The second-order valence-corrected chi connectivity index (χ2v) is 4.11. The van der Waals surface area contributed by atoms with E-state index >= 15 is 0 Å². The molecule has 0 amide bonds. The van der Waals surface area contributed by atoms with E-state index in [1.165, 1.54) is 12.3 Å². The molecule has 0 spiro atoms. The van der Waals surface area contributed by atoms with Gasteiger partial charge in [0.05, 0.1) is 11.9 Å². The van der Waals surface area contributed by atoms with Gasteiger partial charge < -0.3 is 20.7 Å². The van der Waals surface area contributed by atoms with Crippen LogP contribution >= 0.6 is 0 Å². The van der Waals surface area contributed by atoms with Crippen LogP contribution in [0.2, 0.25) is 0 Å². The summed E-state index contributed by atoms with van der Waals surface area (Å²) in [5.41, 5.74) is 6.43. The number of nitrogens with zero attached hydrogens (tertiary/aromatic N) is 1. The van der Waals surface area contributed by atoms with E-state index < -0.39 is 5.97 Å². The average Bonchev–Trinajstić information content (AvgIpc) is 2.43. The van der Waals surface area contributed by atoms with Crippen LogP contribution in [0, 0.1) is 0 Å². The lowest BCUT2D eigenvalue weighted by Gasteiger charge is -2.11. The topological polar surface area (TPSA) is 106 Å². The quantitative estimate of drug-likeness (QED) is 0.766. The molecule has 6 nitrogen and oxygen atoms in total. The van der Waals surface area contributed by atoms with Crippen molar-refractivity contribution in [2.24, 2.45) is 0 Å². The molecule has 0 atom stereocenters. The number of hydrogen-bond donors (Lipinski definition) is 3. The van der Waals surface area contributed by atoms with Crippen molar-refractivity contribution in [1.82, 2.24) is 4.98 Å². The number of nitrogen functional groups attached to an aromatic ring is 1. The zero-order valence-electron chi connectivity index (χ0n) is 10.6. The molecule has 2 rings (SSSR count). The Kier molecular flexibility index (Phi) is 4.17. The van der Waals surface area contributed by atoms with Gasteiger partial charge in [0, 0.05) is 6.61 Å². The van der Waals surface area contributed by atoms with Crippen molar-refractivity contribution in [1.29, 1.82) is 0 Å². The summed E-state index contributed by atoms with van der Waals surface area (Å²) in [7, 11) is 0. The third-order valence-electron chi connectivity index (χ3n) is 2.66. The highest BCUT2D eigenvalue weighted by molar-refractivity contribution is 5.91. The maximum absolute atomic E-state index is 11.2. The van der Waals surface area contributed by atoms with Crippen LogP contribution in [0.5, 0.6) is 11.6 Å². The van der Waals surface area contributed by atoms with E-state index in [1.54, 1.807) is 18.2 Å². The Morgan fingerprint density at radius 1 is 1.35 bits per heavy atom. The van der Waals surface area contributed by atoms with Crippen LogP contribution in [0.1, 0.15) is 15.9 Å². The molecule has 0 radical (unpaired) electrons. The number of ether oxygens (including phenoxy) is 1. The zero-order valence-corrected chi connectivity index (χ0v) is 10.6. The predicted octanol–water partition coefficient (Wildman–Crippen LogP) is 1.69. The number of aromatic carboxylic acids is 1. The summed E-state index contributed by atoms with van der Waals surface area (Å²) in [6.07, 6.45) is 1.74. The molecule has 0 bridgehead atoms. The molecule has 0 fully saturated rings. The lowest BCUT2D eigenvalue weighted by Crippen LogP contribution is -2.04. The van der Waals surface area contributed by atoms with Gasteiger partial charge in [0.15, 0.2) is 0 Å². The number of hydrogen-bond acceptors (Lipinski definition) is 5. The summed E-state index contributed by atoms with van der Waals surface area (Å²) < 4.78 is 5.55. The molecule has 0 unspecified atom stereocenters. The summed E-state index contributed by atoms with van der Waals surface area (Å²) in [6, 6.07) is 8.34. The molecule has 1 heterocycles. The molecule has 0 saturated carbocycles. The van der Waals surface area contributed by atoms with Gasteiger partial charge in [-0.25, -0.2) is 9.78 Å². The zero-order chi connectivity index (χ0) is 14.5. The molecule has 0 aliphatic heterocycles. The van der Waals surface area contributed by atoms with Crippen LogP contribution < -0.4 is 10.5 Å². The first kappa shape index (κ1) is 13.8. The third-order valence-corrected chi connectivity index (χ3v) is 2.66. The first-order valence-electron chi connectivity index (χ1n) is 5.97. The Morgan fingerprint density at radius 2 is 2.10 bits per heavy atom. The third kappa shape index (κ3) is 3.04. The molecule has 1 aromatic carbocycles. The fourth-order valence-electron chi connectivity index (χ4n) is 1.74. The molecule has 0 aliphatic rings. The minimum absolute atomic E-state index is 0.0265. The number of anilines is 1. The first-order chi connectivity index (χ1) is 9.61. The average molecular weight is 274 g/mol. The normalized spacial score (nSPS) is 10.2. The number of aliphatic hydroxyl groups is 1. The lowest BCUT2D eigenvalue weighted by atomic mass is 10.1. The monoisotopic (exact) mass is 274 g/mol. The number of carboxylic acid groups (broad SMARTS) is 1. The lowest BCUT2D eigenvalue weighted by molar-refractivity contribution is 0.0693. The molecular weight excluding hydrogens is 260 g/mol. The maximum atomic E-state index is 11.2. The number of pyridine rings is 1. The van der Waals surface area contributed by atoms with E-state index in [4.69, 9.17) is 20.7 Å². The van der Waals surface area contributed by atoms with E-state index in [0.717, 1.165) is 5.56 Å². The van der Waals surface area contributed by atoms with Crippen molar-refractivity contribution in [3.8, 4) is 11.6 Å². The SMILES string of the molecule is Nc1cnc(Oc2ccccc2CCO)c(C(=O)O)c1. The van der Waals surface area contributed by atoms with Crippen LogP contribution in [0.25, 0.3) is 0 Å². The number of para-hydroxylation sites is 1. The van der Waals surface area contributed by atoms with Gasteiger partial charge in [-0.2, -0.15) is 0 Å². The van der Waals surface area contributed by atoms with E-state index in [0.29, 0.717) is 12.2 Å². The van der Waals surface area contributed by atoms with Crippen molar-refractivity contribution in [2.75, 3.05) is 12.3 Å². The van der Waals surface area contributed by atoms with Crippen LogP contribution in [-0.4, -0.2) is 27.8 Å². The van der Waals surface area contributed by atoms with Crippen LogP contribution in [0.3, 0.4) is 0 Å². The Balaban J connectivity index is 2.37. The molecule has 6 heteroatoms. The van der Waals surface area contributed by atoms with Gasteiger partial charge >= 0.3 is 5.97 Å². The standard InChI is InChI=1S/C14H14N2O4/c15-10-7-11(14(18)19)13(16-8-10)20-12-4-2-1-3-9(12)5-6-17/h1-4,7-8,17H,5-6,15H2,(H,18,19). The van der Waals surface area contributed by atoms with Crippen molar-refractivity contribution in [3.63, 3.8) is 0 Å². The second kappa shape index (κ2) is 6.03. The number of nitrogens with two attached hydrogens (primary N) is 1. The number of carboxylic acids is 1. The number of aliphatic hydroxyl groups excluding tert-OH is 1. The van der Waals surface area contributed by atoms with Gasteiger partial charge in [-0.1, -0.05) is 18.2 Å². The van der Waals surface area contributed by atoms with Gasteiger partial charge in [0.2, 0.25) is 5.88 Å². The summed E-state index contributed by atoms with van der Waals surface area (Å²) >= 11 is 0. The Labute approximate surface area is 115 Å². The van der Waals surface area contributed by atoms with Crippen LogP contribution in [-0.2, 0) is 6.42 Å². The fourth-order valence-corrected chi connectivity index (χ4v) is 1.74. The highest BCUT2D eigenvalue weighted by atomic mass is 16.5. The summed E-state index contributed by atoms with van der Waals surface area (Å²) in [6.45, 7) is -0.0265. The van der Waals surface area contributed by atoms with E-state index in [2.05, 4.69) is 4.98 Å². The summed E-state index contributed by atoms with van der Waals surface area (Å²) in [5.74, 6) is -0.738. The number of benzene rings is 1. The van der Waals surface area contributed by atoms with Crippen LogP contribution in [0.4, 0.5) is 5.69 Å². The smallest absolute Gasteiger partial charge is 0.341 e. The van der Waals surface area contributed by atoms with Gasteiger partial charge in [-0.05, 0) is 24.1 Å². The fraction of sp³-hybridized carbons (Fsp3) is 0.143. The number of carbonyl (C=O) groups is 1. The van der Waals surface area contributed by atoms with Crippen molar-refractivity contribution >= 4 is 11.7 Å². The highest BCUT2D eigenvalue weighted by Gasteiger charge is 2.15. The maximum Gasteiger partial charge on any atom is 0.341 e. The van der Waals surface area contributed by atoms with Crippen molar-refractivity contribution in [3.05, 3.63) is 47.7 Å². The molecule has 4 N–H and O–H groups in total. The van der Waals surface area contributed by atoms with E-state index in [1.807, 2.05) is 6.07 Å². The van der Waals surface area contributed by atoms with Crippen molar-refractivity contribution in [2.45, 2.75) is 6.42 Å². The molecular formula is C14H14N2O4. The number of aromatic nitrogens is 1. The van der Waals surface area contributed by atoms with Crippen molar-refractivity contribution < 1.29 is 19.7 Å². The second-order valence-electron chi connectivity index (χ2n) is 4.11. The first-order valence-corrected chi connectivity index (χ1v) is 5.97. The summed E-state index contributed by atoms with van der Waals surface area (Å²) in [4.78, 5) is 15.1. The summed E-state index contributed by atoms with van der Waals surface area (Å²) in [5, 5.41) is 18.1. The van der Waals surface area contributed by atoms with Crippen LogP contribution in [0.15, 0.2) is 36.5 Å². The van der Waals surface area contributed by atoms with E-state index in [-0.39, 0.29) is 23.7 Å². The van der Waals surface area contributed by atoms with Gasteiger partial charge in [0.1, 0.15) is 11.3 Å².